The summed E-state index contributed by atoms with van der Waals surface area (Å²) in [5.41, 5.74) is 0.258. The molecule has 0 aromatic heterocycles. The lowest BCUT2D eigenvalue weighted by Gasteiger charge is -2.24. The minimum absolute atomic E-state index is 0.0726. The Labute approximate surface area is 158 Å². The predicted octanol–water partition coefficient (Wildman–Crippen LogP) is 2.85. The van der Waals surface area contributed by atoms with Gasteiger partial charge in [0.2, 0.25) is 5.91 Å². The van der Waals surface area contributed by atoms with E-state index in [1.807, 2.05) is 0 Å². The quantitative estimate of drug-likeness (QED) is 0.698. The van der Waals surface area contributed by atoms with Gasteiger partial charge in [-0.05, 0) is 30.3 Å². The lowest BCUT2D eigenvalue weighted by atomic mass is 10.3. The van der Waals surface area contributed by atoms with E-state index in [2.05, 4.69) is 11.9 Å². The predicted molar refractivity (Wildman–Crippen MR) is 102 cm³/mol. The summed E-state index contributed by atoms with van der Waals surface area (Å²) < 4.78 is 32.2. The molecule has 0 aliphatic rings. The highest BCUT2D eigenvalue weighted by molar-refractivity contribution is 7.92. The van der Waals surface area contributed by atoms with Gasteiger partial charge in [-0.3, -0.25) is 9.10 Å². The van der Waals surface area contributed by atoms with Crippen LogP contribution in [0.4, 0.5) is 5.69 Å². The van der Waals surface area contributed by atoms with E-state index in [9.17, 15) is 13.2 Å². The van der Waals surface area contributed by atoms with Gasteiger partial charge in [-0.15, -0.1) is 6.58 Å². The average Bonchev–Trinajstić information content (AvgIpc) is 2.65. The van der Waals surface area contributed by atoms with E-state index >= 15 is 0 Å². The van der Waals surface area contributed by atoms with Crippen LogP contribution in [0.2, 0.25) is 5.02 Å². The maximum Gasteiger partial charge on any atom is 0.264 e. The number of halogens is 1. The molecule has 0 heterocycles. The molecule has 1 amide bonds. The molecule has 0 aliphatic carbocycles. The monoisotopic (exact) mass is 394 g/mol. The average molecular weight is 395 g/mol. The first-order valence-electron chi connectivity index (χ1n) is 7.69. The van der Waals surface area contributed by atoms with Crippen molar-refractivity contribution in [2.24, 2.45) is 0 Å². The zero-order valence-corrected chi connectivity index (χ0v) is 15.8. The number of carbonyl (C=O) groups is 1. The third-order valence-corrected chi connectivity index (χ3v) is 5.57. The Kier molecular flexibility index (Phi) is 6.65. The molecule has 26 heavy (non-hydrogen) atoms. The Morgan fingerprint density at radius 1 is 1.27 bits per heavy atom. The van der Waals surface area contributed by atoms with Crippen molar-refractivity contribution in [3.8, 4) is 5.75 Å². The molecule has 0 radical (unpaired) electrons. The summed E-state index contributed by atoms with van der Waals surface area (Å²) in [5.74, 6) is -0.0556. The molecule has 0 fully saturated rings. The normalized spacial score (nSPS) is 10.8. The van der Waals surface area contributed by atoms with Crippen molar-refractivity contribution in [2.75, 3.05) is 24.5 Å². The number of ether oxygens (including phenoxy) is 1. The van der Waals surface area contributed by atoms with Crippen molar-refractivity contribution in [1.29, 1.82) is 0 Å². The van der Waals surface area contributed by atoms with Gasteiger partial charge in [-0.2, -0.15) is 0 Å². The molecular formula is C18H19ClN2O4S. The number of anilines is 1. The minimum atomic E-state index is -3.96. The summed E-state index contributed by atoms with van der Waals surface area (Å²) in [6.45, 7) is 3.36. The molecule has 6 nitrogen and oxygen atoms in total. The van der Waals surface area contributed by atoms with Crippen LogP contribution in [-0.4, -0.2) is 34.5 Å². The van der Waals surface area contributed by atoms with Gasteiger partial charge in [0, 0.05) is 6.54 Å². The molecule has 138 valence electrons. The van der Waals surface area contributed by atoms with Gasteiger partial charge in [0.25, 0.3) is 10.0 Å². The number of rotatable bonds is 8. The van der Waals surface area contributed by atoms with Crippen LogP contribution in [0.25, 0.3) is 0 Å². The largest absolute Gasteiger partial charge is 0.495 e. The first-order valence-corrected chi connectivity index (χ1v) is 9.51. The van der Waals surface area contributed by atoms with Crippen LogP contribution in [0.5, 0.6) is 5.75 Å². The number of amides is 1. The number of nitrogens with zero attached hydrogens (tertiary/aromatic N) is 1. The maximum atomic E-state index is 13.1. The first kappa shape index (κ1) is 19.8. The Hall–Kier alpha value is -2.51. The zero-order valence-electron chi connectivity index (χ0n) is 14.2. The molecule has 1 N–H and O–H groups in total. The number of sulfonamides is 1. The molecular weight excluding hydrogens is 376 g/mol. The number of methoxy groups -OCH3 is 1. The van der Waals surface area contributed by atoms with Crippen LogP contribution in [0, 0.1) is 0 Å². The lowest BCUT2D eigenvalue weighted by Crippen LogP contribution is -2.40. The third kappa shape index (κ3) is 4.56. The molecule has 0 spiro atoms. The Bertz CT molecular complexity index is 885. The molecule has 2 rings (SSSR count). The van der Waals surface area contributed by atoms with Crippen molar-refractivity contribution in [3.05, 3.63) is 66.2 Å². The molecule has 8 heteroatoms. The van der Waals surface area contributed by atoms with Crippen molar-refractivity contribution in [1.82, 2.24) is 5.32 Å². The van der Waals surface area contributed by atoms with Gasteiger partial charge in [0.05, 0.1) is 22.7 Å². The van der Waals surface area contributed by atoms with Crippen LogP contribution in [0.15, 0.2) is 66.1 Å². The standard InChI is InChI=1S/C18H19ClN2O4S/c1-3-11-20-18(22)13-21(14-9-10-17(25-2)16(19)12-14)26(23,24)15-7-5-4-6-8-15/h3-10,12H,1,11,13H2,2H3,(H,20,22). The van der Waals surface area contributed by atoms with Crippen molar-refractivity contribution in [2.45, 2.75) is 4.90 Å². The third-order valence-electron chi connectivity index (χ3n) is 3.49. The smallest absolute Gasteiger partial charge is 0.264 e. The summed E-state index contributed by atoms with van der Waals surface area (Å²) in [7, 11) is -2.50. The molecule has 2 aromatic rings. The first-order chi connectivity index (χ1) is 12.4. The van der Waals surface area contributed by atoms with Crippen molar-refractivity contribution < 1.29 is 17.9 Å². The molecule has 0 atom stereocenters. The van der Waals surface area contributed by atoms with Crippen LogP contribution >= 0.6 is 11.6 Å². The van der Waals surface area contributed by atoms with Gasteiger partial charge < -0.3 is 10.1 Å². The summed E-state index contributed by atoms with van der Waals surface area (Å²) in [5, 5.41) is 2.81. The lowest BCUT2D eigenvalue weighted by molar-refractivity contribution is -0.119. The highest BCUT2D eigenvalue weighted by Gasteiger charge is 2.27. The van der Waals surface area contributed by atoms with Crippen LogP contribution < -0.4 is 14.4 Å². The van der Waals surface area contributed by atoms with Gasteiger partial charge in [0.1, 0.15) is 12.3 Å². The Balaban J connectivity index is 2.47. The maximum absolute atomic E-state index is 13.1. The second-order valence-electron chi connectivity index (χ2n) is 5.24. The molecule has 2 aromatic carbocycles. The number of nitrogens with one attached hydrogen (secondary N) is 1. The number of benzene rings is 2. The second-order valence-corrected chi connectivity index (χ2v) is 7.51. The molecule has 0 unspecified atom stereocenters. The van der Waals surface area contributed by atoms with E-state index in [0.717, 1.165) is 4.31 Å². The van der Waals surface area contributed by atoms with Gasteiger partial charge >= 0.3 is 0 Å². The van der Waals surface area contributed by atoms with Crippen LogP contribution in [0.1, 0.15) is 0 Å². The van der Waals surface area contributed by atoms with Gasteiger partial charge in [-0.25, -0.2) is 8.42 Å². The SMILES string of the molecule is C=CCNC(=O)CN(c1ccc(OC)c(Cl)c1)S(=O)(=O)c1ccccc1. The fraction of sp³-hybridized carbons (Fsp3) is 0.167. The summed E-state index contributed by atoms with van der Waals surface area (Å²) >= 11 is 6.13. The topological polar surface area (TPSA) is 75.7 Å². The summed E-state index contributed by atoms with van der Waals surface area (Å²) in [6, 6.07) is 12.4. The van der Waals surface area contributed by atoms with E-state index in [-0.39, 0.29) is 22.2 Å². The van der Waals surface area contributed by atoms with E-state index < -0.39 is 22.5 Å². The molecule has 0 saturated heterocycles. The van der Waals surface area contributed by atoms with Crippen LogP contribution in [-0.2, 0) is 14.8 Å². The van der Waals surface area contributed by atoms with E-state index in [1.54, 1.807) is 24.3 Å². The zero-order chi connectivity index (χ0) is 19.2. The fourth-order valence-corrected chi connectivity index (χ4v) is 3.90. The highest BCUT2D eigenvalue weighted by atomic mass is 35.5. The highest BCUT2D eigenvalue weighted by Crippen LogP contribution is 2.31. The van der Waals surface area contributed by atoms with Gasteiger partial charge in [0.15, 0.2) is 0 Å². The van der Waals surface area contributed by atoms with Crippen LogP contribution in [0.3, 0.4) is 0 Å². The van der Waals surface area contributed by atoms with E-state index in [4.69, 9.17) is 16.3 Å². The fourth-order valence-electron chi connectivity index (χ4n) is 2.22. The number of carbonyl (C=O) groups excluding carboxylic acids is 1. The summed E-state index contributed by atoms with van der Waals surface area (Å²) in [4.78, 5) is 12.2. The molecule has 0 bridgehead atoms. The van der Waals surface area contributed by atoms with Crippen molar-refractivity contribution in [3.63, 3.8) is 0 Å². The molecule has 0 saturated carbocycles. The Morgan fingerprint density at radius 2 is 1.96 bits per heavy atom. The van der Waals surface area contributed by atoms with Gasteiger partial charge in [-0.1, -0.05) is 35.9 Å². The minimum Gasteiger partial charge on any atom is -0.495 e. The number of hydrogen-bond acceptors (Lipinski definition) is 4. The number of hydrogen-bond donors (Lipinski definition) is 1. The van der Waals surface area contributed by atoms with Crippen molar-refractivity contribution >= 4 is 33.2 Å². The second kappa shape index (κ2) is 8.73. The molecule has 0 aliphatic heterocycles. The Morgan fingerprint density at radius 3 is 2.54 bits per heavy atom. The van der Waals surface area contributed by atoms with E-state index in [0.29, 0.717) is 5.75 Å². The van der Waals surface area contributed by atoms with E-state index in [1.165, 1.54) is 37.5 Å². The summed E-state index contributed by atoms with van der Waals surface area (Å²) in [6.07, 6.45) is 1.51.